The SMILES string of the molecule is CCCCC(CC)Cn1cc[n+](CC(CC)CCCC)c1C(=O)Nc1ccccc1. The molecule has 4 nitrogen and oxygen atoms in total. The van der Waals surface area contributed by atoms with Crippen LogP contribution in [0.2, 0.25) is 0 Å². The maximum atomic E-state index is 13.3. The number of nitrogens with zero attached hydrogens (tertiary/aromatic N) is 2. The van der Waals surface area contributed by atoms with E-state index < -0.39 is 0 Å². The molecule has 0 spiro atoms. The molecule has 0 aliphatic rings. The number of aromatic nitrogens is 2. The molecule has 1 amide bonds. The molecule has 1 aromatic carbocycles. The minimum absolute atomic E-state index is 0.0121. The van der Waals surface area contributed by atoms with Crippen molar-refractivity contribution in [3.8, 4) is 0 Å². The second kappa shape index (κ2) is 13.3. The van der Waals surface area contributed by atoms with Crippen molar-refractivity contribution in [3.63, 3.8) is 0 Å². The summed E-state index contributed by atoms with van der Waals surface area (Å²) in [6, 6.07) is 9.78. The third-order valence-electron chi connectivity index (χ3n) is 6.20. The number of unbranched alkanes of at least 4 members (excludes halogenated alkanes) is 2. The number of amides is 1. The summed E-state index contributed by atoms with van der Waals surface area (Å²) >= 11 is 0. The molecule has 1 heterocycles. The lowest BCUT2D eigenvalue weighted by Crippen LogP contribution is -2.44. The highest BCUT2D eigenvalue weighted by Gasteiger charge is 2.28. The monoisotopic (exact) mass is 412 g/mol. The molecule has 0 bridgehead atoms. The molecule has 2 rings (SSSR count). The van der Waals surface area contributed by atoms with Gasteiger partial charge in [0.1, 0.15) is 12.4 Å². The number of imidazole rings is 1. The van der Waals surface area contributed by atoms with Gasteiger partial charge in [-0.05, 0) is 49.7 Å². The molecule has 30 heavy (non-hydrogen) atoms. The zero-order chi connectivity index (χ0) is 21.8. The average molecular weight is 413 g/mol. The minimum atomic E-state index is -0.0121. The molecule has 1 N–H and O–H groups in total. The summed E-state index contributed by atoms with van der Waals surface area (Å²) in [5.41, 5.74) is 0.845. The molecule has 1 aromatic heterocycles. The zero-order valence-corrected chi connectivity index (χ0v) is 19.6. The predicted octanol–water partition coefficient (Wildman–Crippen LogP) is 6.46. The van der Waals surface area contributed by atoms with E-state index in [1.807, 2.05) is 30.3 Å². The number of rotatable bonds is 14. The third-order valence-corrected chi connectivity index (χ3v) is 6.20. The van der Waals surface area contributed by atoms with Crippen molar-refractivity contribution in [2.75, 3.05) is 5.32 Å². The van der Waals surface area contributed by atoms with Crippen molar-refractivity contribution in [1.29, 1.82) is 0 Å². The van der Waals surface area contributed by atoms with Crippen molar-refractivity contribution in [2.24, 2.45) is 11.8 Å². The van der Waals surface area contributed by atoms with Gasteiger partial charge < -0.3 is 5.32 Å². The molecule has 0 aliphatic carbocycles. The van der Waals surface area contributed by atoms with E-state index in [1.165, 1.54) is 38.5 Å². The highest BCUT2D eigenvalue weighted by molar-refractivity contribution is 6.00. The summed E-state index contributed by atoms with van der Waals surface area (Å²) in [5.74, 6) is 1.98. The Labute approximate surface area is 183 Å². The van der Waals surface area contributed by atoms with Crippen LogP contribution in [0.3, 0.4) is 0 Å². The maximum absolute atomic E-state index is 13.3. The fraction of sp³-hybridized carbons (Fsp3) is 0.615. The lowest BCUT2D eigenvalue weighted by molar-refractivity contribution is -0.704. The first-order valence-electron chi connectivity index (χ1n) is 12.1. The lowest BCUT2D eigenvalue weighted by atomic mass is 9.99. The van der Waals surface area contributed by atoms with Gasteiger partial charge in [-0.25, -0.2) is 9.13 Å². The standard InChI is InChI=1S/C26H41N3O/c1-5-9-14-22(7-3)20-28-18-19-29(21-23(8-4)15-10-6-2)26(28)25(30)27-24-16-12-11-13-17-24/h11-13,16-19,22-23H,5-10,14-15,20-21H2,1-4H3/p+1. The van der Waals surface area contributed by atoms with Crippen molar-refractivity contribution in [1.82, 2.24) is 4.57 Å². The van der Waals surface area contributed by atoms with Crippen LogP contribution < -0.4 is 9.88 Å². The topological polar surface area (TPSA) is 37.9 Å². The van der Waals surface area contributed by atoms with Crippen molar-refractivity contribution >= 4 is 11.6 Å². The van der Waals surface area contributed by atoms with E-state index in [4.69, 9.17) is 0 Å². The predicted molar refractivity (Wildman–Crippen MR) is 126 cm³/mol. The van der Waals surface area contributed by atoms with E-state index in [-0.39, 0.29) is 5.91 Å². The van der Waals surface area contributed by atoms with Crippen LogP contribution in [0.25, 0.3) is 0 Å². The molecule has 0 fully saturated rings. The van der Waals surface area contributed by atoms with E-state index in [2.05, 4.69) is 54.5 Å². The van der Waals surface area contributed by atoms with Crippen LogP contribution in [-0.2, 0) is 13.1 Å². The number of hydrogen-bond donors (Lipinski definition) is 1. The number of hydrogen-bond acceptors (Lipinski definition) is 1. The fourth-order valence-corrected chi connectivity index (χ4v) is 4.12. The Bertz CT molecular complexity index is 702. The van der Waals surface area contributed by atoms with Gasteiger partial charge in [-0.3, -0.25) is 4.79 Å². The van der Waals surface area contributed by atoms with Gasteiger partial charge >= 0.3 is 11.7 Å². The Morgan fingerprint density at radius 1 is 0.967 bits per heavy atom. The van der Waals surface area contributed by atoms with Gasteiger partial charge in [-0.2, -0.15) is 0 Å². The van der Waals surface area contributed by atoms with Gasteiger partial charge in [0.05, 0.1) is 13.1 Å². The van der Waals surface area contributed by atoms with Crippen molar-refractivity contribution in [3.05, 3.63) is 48.5 Å². The van der Waals surface area contributed by atoms with E-state index in [1.54, 1.807) is 0 Å². The molecule has 0 aliphatic heterocycles. The molecular formula is C26H42N3O+. The van der Waals surface area contributed by atoms with Crippen LogP contribution >= 0.6 is 0 Å². The molecule has 0 saturated heterocycles. The van der Waals surface area contributed by atoms with E-state index in [9.17, 15) is 4.79 Å². The lowest BCUT2D eigenvalue weighted by Gasteiger charge is -2.15. The van der Waals surface area contributed by atoms with Crippen LogP contribution in [0, 0.1) is 11.8 Å². The van der Waals surface area contributed by atoms with Crippen LogP contribution in [0.15, 0.2) is 42.7 Å². The summed E-state index contributed by atoms with van der Waals surface area (Å²) < 4.78 is 4.38. The van der Waals surface area contributed by atoms with Gasteiger partial charge in [0.15, 0.2) is 0 Å². The average Bonchev–Trinajstić information content (AvgIpc) is 3.16. The van der Waals surface area contributed by atoms with Gasteiger partial charge in [-0.15, -0.1) is 0 Å². The van der Waals surface area contributed by atoms with Gasteiger partial charge in [0.25, 0.3) is 0 Å². The summed E-state index contributed by atoms with van der Waals surface area (Å²) in [6.45, 7) is 10.8. The van der Waals surface area contributed by atoms with Crippen LogP contribution in [0.4, 0.5) is 5.69 Å². The molecule has 2 aromatic rings. The second-order valence-corrected chi connectivity index (χ2v) is 8.58. The van der Waals surface area contributed by atoms with Crippen molar-refractivity contribution in [2.45, 2.75) is 92.2 Å². The highest BCUT2D eigenvalue weighted by atomic mass is 16.2. The Hall–Kier alpha value is -2.10. The first-order chi connectivity index (χ1) is 14.6. The fourth-order valence-electron chi connectivity index (χ4n) is 4.12. The molecule has 0 saturated carbocycles. The molecular weight excluding hydrogens is 370 g/mol. The largest absolute Gasteiger partial charge is 0.348 e. The van der Waals surface area contributed by atoms with Crippen LogP contribution in [0.5, 0.6) is 0 Å². The molecule has 0 radical (unpaired) electrons. The normalized spacial score (nSPS) is 13.2. The number of benzene rings is 1. The molecule has 2 unspecified atom stereocenters. The maximum Gasteiger partial charge on any atom is 0.348 e. The third kappa shape index (κ3) is 7.30. The molecule has 2 atom stereocenters. The molecule has 4 heteroatoms. The number of para-hydroxylation sites is 1. The second-order valence-electron chi connectivity index (χ2n) is 8.58. The van der Waals surface area contributed by atoms with Crippen LogP contribution in [-0.4, -0.2) is 10.5 Å². The summed E-state index contributed by atoms with van der Waals surface area (Å²) in [4.78, 5) is 13.3. The smallest absolute Gasteiger partial charge is 0.315 e. The first-order valence-corrected chi connectivity index (χ1v) is 12.1. The molecule has 166 valence electrons. The summed E-state index contributed by atoms with van der Waals surface area (Å²) in [5, 5.41) is 3.11. The van der Waals surface area contributed by atoms with E-state index in [0.29, 0.717) is 11.8 Å². The Kier molecular flexibility index (Phi) is 10.7. The summed E-state index contributed by atoms with van der Waals surface area (Å²) in [7, 11) is 0. The number of nitrogens with one attached hydrogen (secondary N) is 1. The quantitative estimate of drug-likeness (QED) is 0.355. The zero-order valence-electron chi connectivity index (χ0n) is 19.6. The van der Waals surface area contributed by atoms with E-state index >= 15 is 0 Å². The Morgan fingerprint density at radius 2 is 1.60 bits per heavy atom. The van der Waals surface area contributed by atoms with Gasteiger partial charge in [-0.1, -0.05) is 71.6 Å². The van der Waals surface area contributed by atoms with Gasteiger partial charge in [0, 0.05) is 5.69 Å². The van der Waals surface area contributed by atoms with Crippen LogP contribution in [0.1, 0.15) is 89.7 Å². The minimum Gasteiger partial charge on any atom is -0.315 e. The number of carbonyl (C=O) groups excluding carboxylic acids is 1. The van der Waals surface area contributed by atoms with Gasteiger partial charge in [0.2, 0.25) is 0 Å². The first kappa shape index (κ1) is 24.2. The number of carbonyl (C=O) groups is 1. The van der Waals surface area contributed by atoms with E-state index in [0.717, 1.165) is 37.4 Å². The Morgan fingerprint density at radius 3 is 2.20 bits per heavy atom. The van der Waals surface area contributed by atoms with Crippen molar-refractivity contribution < 1.29 is 9.36 Å². The Balaban J connectivity index is 2.27. The summed E-state index contributed by atoms with van der Waals surface area (Å²) in [6.07, 6.45) is 13.9. The highest BCUT2D eigenvalue weighted by Crippen LogP contribution is 2.18. The number of anilines is 1.